The summed E-state index contributed by atoms with van der Waals surface area (Å²) < 4.78 is 86.6. The minimum absolute atomic E-state index is 0.00919. The van der Waals surface area contributed by atoms with Gasteiger partial charge >= 0.3 is 12.4 Å². The molecule has 41 heavy (non-hydrogen) atoms. The Hall–Kier alpha value is -2.94. The van der Waals surface area contributed by atoms with Crippen molar-refractivity contribution in [3.8, 4) is 11.1 Å². The van der Waals surface area contributed by atoms with Gasteiger partial charge in [-0.2, -0.15) is 26.3 Å². The summed E-state index contributed by atoms with van der Waals surface area (Å²) in [7, 11) is 0. The minimum atomic E-state index is -4.99. The van der Waals surface area contributed by atoms with Gasteiger partial charge < -0.3 is 10.5 Å². The number of primary amides is 1. The lowest BCUT2D eigenvalue weighted by Crippen LogP contribution is -2.37. The molecule has 0 bridgehead atoms. The van der Waals surface area contributed by atoms with Crippen molar-refractivity contribution in [2.45, 2.75) is 25.2 Å². The van der Waals surface area contributed by atoms with E-state index in [0.717, 1.165) is 11.8 Å². The number of morpholine rings is 1. The van der Waals surface area contributed by atoms with E-state index in [1.807, 2.05) is 0 Å². The first-order chi connectivity index (χ1) is 19.2. The predicted octanol–water partition coefficient (Wildman–Crippen LogP) is 5.56. The van der Waals surface area contributed by atoms with Gasteiger partial charge in [-0.25, -0.2) is 0 Å². The summed E-state index contributed by atoms with van der Waals surface area (Å²) in [6, 6.07) is 7.47. The fraction of sp³-hybridized carbons (Fsp3) is 0.370. The van der Waals surface area contributed by atoms with E-state index in [1.54, 1.807) is 6.07 Å². The molecule has 2 amide bonds. The molecule has 0 unspecified atom stereocenters. The molecule has 2 aliphatic heterocycles. The quantitative estimate of drug-likeness (QED) is 0.238. The zero-order valence-corrected chi connectivity index (χ0v) is 23.1. The molecule has 0 saturated carbocycles. The fourth-order valence-electron chi connectivity index (χ4n) is 4.49. The number of thiocarbonyl (C=S) groups is 1. The molecule has 2 heterocycles. The summed E-state index contributed by atoms with van der Waals surface area (Å²) in [5, 5.41) is 0. The summed E-state index contributed by atoms with van der Waals surface area (Å²) >= 11 is 6.40. The van der Waals surface area contributed by atoms with Crippen molar-refractivity contribution in [3.05, 3.63) is 64.1 Å². The highest BCUT2D eigenvalue weighted by molar-refractivity contribution is 8.26. The van der Waals surface area contributed by atoms with Crippen molar-refractivity contribution >= 4 is 45.7 Å². The lowest BCUT2D eigenvalue weighted by atomic mass is 9.94. The normalized spacial score (nSPS) is 18.2. The largest absolute Gasteiger partial charge is 0.416 e. The Labute approximate surface area is 241 Å². The van der Waals surface area contributed by atoms with Crippen LogP contribution in [0.4, 0.5) is 26.3 Å². The van der Waals surface area contributed by atoms with Gasteiger partial charge in [0.2, 0.25) is 5.91 Å². The third-order valence-electron chi connectivity index (χ3n) is 6.62. The number of alkyl halides is 6. The van der Waals surface area contributed by atoms with Gasteiger partial charge in [0, 0.05) is 32.6 Å². The Morgan fingerprint density at radius 1 is 0.927 bits per heavy atom. The lowest BCUT2D eigenvalue weighted by molar-refractivity contribution is -0.143. The number of nitrogens with two attached hydrogens (primary N) is 1. The van der Waals surface area contributed by atoms with Crippen LogP contribution < -0.4 is 5.73 Å². The maximum Gasteiger partial charge on any atom is 0.416 e. The Morgan fingerprint density at radius 2 is 1.56 bits per heavy atom. The second-order valence-electron chi connectivity index (χ2n) is 9.43. The first-order valence-corrected chi connectivity index (χ1v) is 13.7. The summed E-state index contributed by atoms with van der Waals surface area (Å²) in [5.41, 5.74) is 3.23. The van der Waals surface area contributed by atoms with Gasteiger partial charge in [0.25, 0.3) is 5.91 Å². The van der Waals surface area contributed by atoms with Crippen LogP contribution in [0, 0.1) is 0 Å². The summed E-state index contributed by atoms with van der Waals surface area (Å²) in [6.07, 6.45) is -9.73. The standard InChI is InChI=1S/C27H25F6N3O3S2/c28-26(29,30)19-13-18(14-20(15-19)27(31,32)33)16-2-1-3-17(12-16)21(4-6-35-8-10-39-11-9-35)23-24(38)36(25(40)41-23)7-5-22(34)37/h1-3,12-15H,4-11H2,(H2,34,37)/b23-21-. The summed E-state index contributed by atoms with van der Waals surface area (Å²) in [6.45, 7) is 2.92. The number of carbonyl (C=O) groups excluding carboxylic acids is 2. The Bertz CT molecular complexity index is 1340. The number of thioether (sulfide) groups is 1. The second kappa shape index (κ2) is 12.5. The molecular weight excluding hydrogens is 592 g/mol. The molecule has 220 valence electrons. The Balaban J connectivity index is 1.77. The molecule has 2 saturated heterocycles. The van der Waals surface area contributed by atoms with E-state index in [2.05, 4.69) is 4.90 Å². The average Bonchev–Trinajstić information content (AvgIpc) is 3.19. The number of halogens is 6. The van der Waals surface area contributed by atoms with Gasteiger partial charge in [0.1, 0.15) is 4.32 Å². The van der Waals surface area contributed by atoms with E-state index in [1.165, 1.54) is 23.1 Å². The van der Waals surface area contributed by atoms with Gasteiger partial charge in [0.15, 0.2) is 0 Å². The number of amides is 2. The highest BCUT2D eigenvalue weighted by Crippen LogP contribution is 2.41. The van der Waals surface area contributed by atoms with Crippen molar-refractivity contribution in [2.75, 3.05) is 39.4 Å². The Kier molecular flexibility index (Phi) is 9.46. The zero-order chi connectivity index (χ0) is 29.9. The van der Waals surface area contributed by atoms with Crippen LogP contribution in [0.1, 0.15) is 29.5 Å². The zero-order valence-electron chi connectivity index (χ0n) is 21.5. The van der Waals surface area contributed by atoms with Crippen molar-refractivity contribution in [2.24, 2.45) is 5.73 Å². The molecule has 0 aromatic heterocycles. The summed E-state index contributed by atoms with van der Waals surface area (Å²) in [4.78, 5) is 28.4. The third-order valence-corrected chi connectivity index (χ3v) is 8.11. The lowest BCUT2D eigenvalue weighted by Gasteiger charge is -2.27. The van der Waals surface area contributed by atoms with E-state index >= 15 is 0 Å². The molecule has 0 atom stereocenters. The number of ether oxygens (including phenoxy) is 1. The van der Waals surface area contributed by atoms with E-state index in [4.69, 9.17) is 22.7 Å². The predicted molar refractivity (Wildman–Crippen MR) is 146 cm³/mol. The van der Waals surface area contributed by atoms with Crippen LogP contribution >= 0.6 is 24.0 Å². The van der Waals surface area contributed by atoms with Crippen molar-refractivity contribution in [1.82, 2.24) is 9.80 Å². The number of hydrogen-bond acceptors (Lipinski definition) is 6. The maximum absolute atomic E-state index is 13.5. The van der Waals surface area contributed by atoms with Crippen LogP contribution in [0.15, 0.2) is 47.4 Å². The molecular formula is C27H25F6N3O3S2. The topological polar surface area (TPSA) is 75.9 Å². The SMILES string of the molecule is NC(=O)CCN1C(=O)/C(=C(\CCN2CCOCC2)c2cccc(-c3cc(C(F)(F)F)cc(C(F)(F)F)c3)c2)SC1=S. The van der Waals surface area contributed by atoms with Gasteiger partial charge in [-0.1, -0.05) is 42.2 Å². The number of hydrogen-bond donors (Lipinski definition) is 1. The molecule has 0 radical (unpaired) electrons. The molecule has 4 rings (SSSR count). The van der Waals surface area contributed by atoms with Gasteiger partial charge in [-0.15, -0.1) is 0 Å². The molecule has 2 aromatic carbocycles. The number of benzene rings is 2. The smallest absolute Gasteiger partial charge is 0.379 e. The maximum atomic E-state index is 13.5. The fourth-order valence-corrected chi connectivity index (χ4v) is 5.91. The second-order valence-corrected chi connectivity index (χ2v) is 11.1. The van der Waals surface area contributed by atoms with Crippen LogP contribution in [0.5, 0.6) is 0 Å². The molecule has 14 heteroatoms. The molecule has 2 fully saturated rings. The van der Waals surface area contributed by atoms with Crippen molar-refractivity contribution < 1.29 is 40.7 Å². The Morgan fingerprint density at radius 3 is 2.15 bits per heavy atom. The molecule has 2 N–H and O–H groups in total. The van der Waals surface area contributed by atoms with Gasteiger partial charge in [-0.05, 0) is 52.9 Å². The van der Waals surface area contributed by atoms with Crippen LogP contribution in [0.25, 0.3) is 16.7 Å². The first kappa shape index (κ1) is 31.0. The average molecular weight is 618 g/mol. The van der Waals surface area contributed by atoms with Crippen LogP contribution in [-0.2, 0) is 26.7 Å². The van der Waals surface area contributed by atoms with E-state index < -0.39 is 35.3 Å². The van der Waals surface area contributed by atoms with E-state index in [-0.39, 0.29) is 39.4 Å². The van der Waals surface area contributed by atoms with Crippen molar-refractivity contribution in [1.29, 1.82) is 0 Å². The summed E-state index contributed by atoms with van der Waals surface area (Å²) in [5.74, 6) is -1.05. The third kappa shape index (κ3) is 7.67. The molecule has 2 aromatic rings. The molecule has 6 nitrogen and oxygen atoms in total. The molecule has 0 aliphatic carbocycles. The van der Waals surface area contributed by atoms with Gasteiger partial charge in [0.05, 0.1) is 29.2 Å². The highest BCUT2D eigenvalue weighted by atomic mass is 32.2. The highest BCUT2D eigenvalue weighted by Gasteiger charge is 2.37. The number of carbonyl (C=O) groups is 2. The van der Waals surface area contributed by atoms with Gasteiger partial charge in [-0.3, -0.25) is 19.4 Å². The van der Waals surface area contributed by atoms with Crippen LogP contribution in [-0.4, -0.2) is 65.3 Å². The first-order valence-electron chi connectivity index (χ1n) is 12.5. The van der Waals surface area contributed by atoms with Crippen LogP contribution in [0.3, 0.4) is 0 Å². The minimum Gasteiger partial charge on any atom is -0.379 e. The number of nitrogens with zero attached hydrogens (tertiary/aromatic N) is 2. The number of rotatable bonds is 8. The molecule has 2 aliphatic rings. The van der Waals surface area contributed by atoms with Crippen LogP contribution in [0.2, 0.25) is 0 Å². The van der Waals surface area contributed by atoms with E-state index in [0.29, 0.717) is 62.5 Å². The monoisotopic (exact) mass is 617 g/mol. The molecule has 0 spiro atoms. The van der Waals surface area contributed by atoms with Crippen molar-refractivity contribution in [3.63, 3.8) is 0 Å². The van der Waals surface area contributed by atoms with E-state index in [9.17, 15) is 35.9 Å².